The lowest BCUT2D eigenvalue weighted by Crippen LogP contribution is -2.58. The maximum absolute atomic E-state index is 3.64. The number of rotatable bonds is 6. The number of piperazine rings is 1. The van der Waals surface area contributed by atoms with Gasteiger partial charge in [-0.1, -0.05) is 38.5 Å². The number of hydrogen-bond acceptors (Lipinski definition) is 3. The third kappa shape index (κ3) is 4.51. The van der Waals surface area contributed by atoms with E-state index in [2.05, 4.69) is 61.3 Å². The van der Waals surface area contributed by atoms with Crippen molar-refractivity contribution in [1.29, 1.82) is 0 Å². The summed E-state index contributed by atoms with van der Waals surface area (Å²) in [7, 11) is 0. The molecule has 2 nitrogen and oxygen atoms in total. The minimum atomic E-state index is 0.622. The van der Waals surface area contributed by atoms with Gasteiger partial charge in [0.15, 0.2) is 0 Å². The molecule has 1 saturated heterocycles. The Balaban J connectivity index is 1.84. The van der Waals surface area contributed by atoms with Gasteiger partial charge >= 0.3 is 0 Å². The van der Waals surface area contributed by atoms with Crippen LogP contribution in [0.2, 0.25) is 0 Å². The van der Waals surface area contributed by atoms with E-state index < -0.39 is 0 Å². The molecule has 0 amide bonds. The molecule has 1 heterocycles. The smallest absolute Gasteiger partial charge is 0.0247 e. The van der Waals surface area contributed by atoms with Crippen LogP contribution in [0.4, 0.5) is 0 Å². The number of hydrogen-bond donors (Lipinski definition) is 1. The third-order valence-corrected chi connectivity index (χ3v) is 5.34. The summed E-state index contributed by atoms with van der Waals surface area (Å²) in [5, 5.41) is 3.64. The van der Waals surface area contributed by atoms with Crippen molar-refractivity contribution >= 4 is 11.8 Å². The Morgan fingerprint density at radius 1 is 1.35 bits per heavy atom. The van der Waals surface area contributed by atoms with Gasteiger partial charge in [-0.05, 0) is 25.0 Å². The molecule has 0 spiro atoms. The average molecular weight is 292 g/mol. The maximum atomic E-state index is 3.64. The van der Waals surface area contributed by atoms with Crippen molar-refractivity contribution in [1.82, 2.24) is 10.2 Å². The van der Waals surface area contributed by atoms with Gasteiger partial charge in [-0.3, -0.25) is 4.90 Å². The SMILES string of the molecule is CCC(C)C1CNC(C)CN1CCSc1ccccc1. The van der Waals surface area contributed by atoms with Crippen LogP contribution in [-0.2, 0) is 0 Å². The summed E-state index contributed by atoms with van der Waals surface area (Å²) in [4.78, 5) is 4.08. The van der Waals surface area contributed by atoms with E-state index in [9.17, 15) is 0 Å². The highest BCUT2D eigenvalue weighted by Crippen LogP contribution is 2.21. The zero-order valence-electron chi connectivity index (χ0n) is 13.0. The molecule has 2 rings (SSSR count). The number of nitrogens with one attached hydrogen (secondary N) is 1. The molecule has 1 N–H and O–H groups in total. The normalized spacial score (nSPS) is 25.6. The molecule has 1 aromatic carbocycles. The monoisotopic (exact) mass is 292 g/mol. The van der Waals surface area contributed by atoms with Gasteiger partial charge in [0.25, 0.3) is 0 Å². The van der Waals surface area contributed by atoms with Gasteiger partial charge in [-0.2, -0.15) is 0 Å². The fourth-order valence-electron chi connectivity index (χ4n) is 2.89. The van der Waals surface area contributed by atoms with Crippen LogP contribution >= 0.6 is 11.8 Å². The van der Waals surface area contributed by atoms with E-state index >= 15 is 0 Å². The maximum Gasteiger partial charge on any atom is 0.0247 e. The molecule has 0 aromatic heterocycles. The minimum absolute atomic E-state index is 0.622. The van der Waals surface area contributed by atoms with Crippen LogP contribution in [0.3, 0.4) is 0 Å². The summed E-state index contributed by atoms with van der Waals surface area (Å²) in [6, 6.07) is 12.1. The summed E-state index contributed by atoms with van der Waals surface area (Å²) >= 11 is 1.97. The highest BCUT2D eigenvalue weighted by Gasteiger charge is 2.28. The molecule has 1 aliphatic rings. The third-order valence-electron chi connectivity index (χ3n) is 4.34. The summed E-state index contributed by atoms with van der Waals surface area (Å²) in [5.41, 5.74) is 0. The quantitative estimate of drug-likeness (QED) is 0.808. The lowest BCUT2D eigenvalue weighted by Gasteiger charge is -2.42. The fraction of sp³-hybridized carbons (Fsp3) is 0.647. The first-order valence-corrected chi connectivity index (χ1v) is 8.84. The highest BCUT2D eigenvalue weighted by molar-refractivity contribution is 7.99. The molecule has 112 valence electrons. The van der Waals surface area contributed by atoms with E-state index in [0.717, 1.165) is 12.5 Å². The second-order valence-electron chi connectivity index (χ2n) is 5.92. The Morgan fingerprint density at radius 2 is 2.10 bits per heavy atom. The minimum Gasteiger partial charge on any atom is -0.311 e. The number of nitrogens with zero attached hydrogens (tertiary/aromatic N) is 1. The Morgan fingerprint density at radius 3 is 2.80 bits per heavy atom. The van der Waals surface area contributed by atoms with Crippen LogP contribution < -0.4 is 5.32 Å². The number of benzene rings is 1. The summed E-state index contributed by atoms with van der Waals surface area (Å²) in [6.07, 6.45) is 1.27. The van der Waals surface area contributed by atoms with Crippen molar-refractivity contribution < 1.29 is 0 Å². The molecule has 0 bridgehead atoms. The standard InChI is InChI=1S/C17H28N2S/c1-4-14(2)17-12-18-15(3)13-19(17)10-11-20-16-8-6-5-7-9-16/h5-9,14-15,17-18H,4,10-13H2,1-3H3. The van der Waals surface area contributed by atoms with E-state index in [4.69, 9.17) is 0 Å². The van der Waals surface area contributed by atoms with Gasteiger partial charge in [-0.15, -0.1) is 11.8 Å². The molecule has 0 radical (unpaired) electrons. The second-order valence-corrected chi connectivity index (χ2v) is 7.09. The van der Waals surface area contributed by atoms with Crippen molar-refractivity contribution in [3.8, 4) is 0 Å². The van der Waals surface area contributed by atoms with E-state index in [1.54, 1.807) is 0 Å². The fourth-order valence-corrected chi connectivity index (χ4v) is 3.80. The first kappa shape index (κ1) is 15.9. The molecule has 1 aliphatic heterocycles. The van der Waals surface area contributed by atoms with Gasteiger partial charge in [0.1, 0.15) is 0 Å². The molecule has 1 aromatic rings. The topological polar surface area (TPSA) is 15.3 Å². The first-order valence-electron chi connectivity index (χ1n) is 7.86. The molecule has 20 heavy (non-hydrogen) atoms. The zero-order valence-corrected chi connectivity index (χ0v) is 13.8. The molecular formula is C17H28N2S. The van der Waals surface area contributed by atoms with Gasteiger partial charge in [0.05, 0.1) is 0 Å². The van der Waals surface area contributed by atoms with Crippen LogP contribution in [0.25, 0.3) is 0 Å². The summed E-state index contributed by atoms with van der Waals surface area (Å²) in [5.74, 6) is 1.96. The Kier molecular flexibility index (Phi) is 6.40. The van der Waals surface area contributed by atoms with Crippen molar-refractivity contribution in [3.05, 3.63) is 30.3 Å². The van der Waals surface area contributed by atoms with E-state index in [1.807, 2.05) is 11.8 Å². The second kappa shape index (κ2) is 8.06. The van der Waals surface area contributed by atoms with Crippen molar-refractivity contribution in [2.24, 2.45) is 5.92 Å². The van der Waals surface area contributed by atoms with Crippen LogP contribution in [0, 0.1) is 5.92 Å². The predicted octanol–water partition coefficient (Wildman–Crippen LogP) is 3.49. The predicted molar refractivity (Wildman–Crippen MR) is 89.4 cm³/mol. The largest absolute Gasteiger partial charge is 0.311 e. The number of thioether (sulfide) groups is 1. The first-order chi connectivity index (χ1) is 9.70. The zero-order chi connectivity index (χ0) is 14.4. The van der Waals surface area contributed by atoms with Crippen LogP contribution in [0.15, 0.2) is 35.2 Å². The van der Waals surface area contributed by atoms with E-state index in [0.29, 0.717) is 12.1 Å². The molecule has 3 atom stereocenters. The van der Waals surface area contributed by atoms with E-state index in [-0.39, 0.29) is 0 Å². The Hall–Kier alpha value is -0.510. The van der Waals surface area contributed by atoms with Crippen molar-refractivity contribution in [3.63, 3.8) is 0 Å². The lowest BCUT2D eigenvalue weighted by molar-refractivity contribution is 0.103. The lowest BCUT2D eigenvalue weighted by atomic mass is 9.95. The highest BCUT2D eigenvalue weighted by atomic mass is 32.2. The molecular weight excluding hydrogens is 264 g/mol. The van der Waals surface area contributed by atoms with Crippen LogP contribution in [-0.4, -0.2) is 42.4 Å². The van der Waals surface area contributed by atoms with Crippen molar-refractivity contribution in [2.45, 2.75) is 44.2 Å². The van der Waals surface area contributed by atoms with Gasteiger partial charge in [0.2, 0.25) is 0 Å². The molecule has 1 fully saturated rings. The van der Waals surface area contributed by atoms with E-state index in [1.165, 1.54) is 30.2 Å². The van der Waals surface area contributed by atoms with Gasteiger partial charge < -0.3 is 5.32 Å². The van der Waals surface area contributed by atoms with Crippen molar-refractivity contribution in [2.75, 3.05) is 25.4 Å². The molecule has 3 heteroatoms. The Bertz CT molecular complexity index is 382. The molecule has 0 aliphatic carbocycles. The van der Waals surface area contributed by atoms with Gasteiger partial charge in [0, 0.05) is 42.4 Å². The Labute approximate surface area is 128 Å². The van der Waals surface area contributed by atoms with Crippen LogP contribution in [0.5, 0.6) is 0 Å². The van der Waals surface area contributed by atoms with Crippen LogP contribution in [0.1, 0.15) is 27.2 Å². The summed E-state index contributed by atoms with van der Waals surface area (Å²) in [6.45, 7) is 10.5. The average Bonchev–Trinajstić information content (AvgIpc) is 2.48. The molecule has 0 saturated carbocycles. The van der Waals surface area contributed by atoms with Gasteiger partial charge in [-0.25, -0.2) is 0 Å². The summed E-state index contributed by atoms with van der Waals surface area (Å²) < 4.78 is 0. The molecule has 3 unspecified atom stereocenters.